The molecule has 0 atom stereocenters. The normalized spacial score (nSPS) is 11.7. The second-order valence-corrected chi connectivity index (χ2v) is 14.7. The zero-order valence-electron chi connectivity index (χ0n) is 32.4. The number of esters is 2. The average molecular weight is 667 g/mol. The first-order valence-corrected chi connectivity index (χ1v) is 20.5. The van der Waals surface area contributed by atoms with Crippen LogP contribution in [0, 0.1) is 5.92 Å². The molecule has 0 fully saturated rings. The Hall–Kier alpha value is -1.14. The molecule has 0 aliphatic rings. The van der Waals surface area contributed by atoms with E-state index < -0.39 is 0 Å². The van der Waals surface area contributed by atoms with Crippen molar-refractivity contribution < 1.29 is 19.1 Å². The fraction of sp³-hybridized carbons (Fsp3) is 0.951. The third kappa shape index (κ3) is 36.0. The molecule has 0 heterocycles. The first kappa shape index (κ1) is 45.9. The molecule has 0 aliphatic carbocycles. The Bertz CT molecular complexity index is 626. The second-order valence-electron chi connectivity index (χ2n) is 14.7. The van der Waals surface area contributed by atoms with Gasteiger partial charge in [-0.1, -0.05) is 142 Å². The van der Waals surface area contributed by atoms with Crippen LogP contribution < -0.4 is 0 Å². The molecule has 0 aliphatic heterocycles. The summed E-state index contributed by atoms with van der Waals surface area (Å²) in [5.74, 6) is 0.747. The van der Waals surface area contributed by atoms with Crippen molar-refractivity contribution >= 4 is 11.9 Å². The second kappa shape index (κ2) is 36.1. The molecule has 0 rings (SSSR count). The highest BCUT2D eigenvalue weighted by Crippen LogP contribution is 2.20. The van der Waals surface area contributed by atoms with E-state index in [1.807, 2.05) is 0 Å². The van der Waals surface area contributed by atoms with E-state index in [-0.39, 0.29) is 11.9 Å². The van der Waals surface area contributed by atoms with E-state index in [0.29, 0.717) is 26.1 Å². The summed E-state index contributed by atoms with van der Waals surface area (Å²) in [6.07, 6.45) is 33.0. The topological polar surface area (TPSA) is 59.1 Å². The Morgan fingerprint density at radius 2 is 0.830 bits per heavy atom. The first-order valence-electron chi connectivity index (χ1n) is 20.5. The average Bonchev–Trinajstić information content (AvgIpc) is 3.05. The highest BCUT2D eigenvalue weighted by molar-refractivity contribution is 5.69. The zero-order valence-corrected chi connectivity index (χ0v) is 32.4. The molecule has 0 aromatic carbocycles. The summed E-state index contributed by atoms with van der Waals surface area (Å²) in [7, 11) is 6.57. The van der Waals surface area contributed by atoms with E-state index in [0.717, 1.165) is 57.5 Å². The smallest absolute Gasteiger partial charge is 0.305 e. The Balaban J connectivity index is 3.98. The maximum Gasteiger partial charge on any atom is 0.305 e. The van der Waals surface area contributed by atoms with Crippen LogP contribution >= 0.6 is 0 Å². The number of hydrogen-bond acceptors (Lipinski definition) is 6. The highest BCUT2D eigenvalue weighted by Gasteiger charge is 2.12. The SMILES string of the molecule is CCCCCCCCCOC(=O)CCCCCCCC(CCCCCCCC(=O)OCCCCCCCCC)CN(C)CCN(C)C. The van der Waals surface area contributed by atoms with Crippen LogP contribution in [-0.4, -0.2) is 75.7 Å². The van der Waals surface area contributed by atoms with E-state index in [1.165, 1.54) is 135 Å². The maximum absolute atomic E-state index is 12.0. The van der Waals surface area contributed by atoms with Crippen molar-refractivity contribution in [3.05, 3.63) is 0 Å². The molecule has 0 saturated heterocycles. The van der Waals surface area contributed by atoms with Crippen LogP contribution in [0.4, 0.5) is 0 Å². The number of rotatable bonds is 37. The molecule has 6 heteroatoms. The van der Waals surface area contributed by atoms with Gasteiger partial charge >= 0.3 is 11.9 Å². The minimum absolute atomic E-state index is 0.00413. The van der Waals surface area contributed by atoms with Crippen LogP contribution in [-0.2, 0) is 19.1 Å². The highest BCUT2D eigenvalue weighted by atomic mass is 16.5. The lowest BCUT2D eigenvalue weighted by atomic mass is 9.93. The van der Waals surface area contributed by atoms with Gasteiger partial charge in [-0.15, -0.1) is 0 Å². The van der Waals surface area contributed by atoms with Crippen molar-refractivity contribution in [2.24, 2.45) is 5.92 Å². The summed E-state index contributed by atoms with van der Waals surface area (Å²) in [5.41, 5.74) is 0. The number of nitrogens with zero attached hydrogens (tertiary/aromatic N) is 2. The molecule has 0 radical (unpaired) electrons. The van der Waals surface area contributed by atoms with Crippen molar-refractivity contribution in [2.45, 2.75) is 194 Å². The number of unbranched alkanes of at least 4 members (excludes halogenated alkanes) is 20. The molecule has 0 unspecified atom stereocenters. The Kier molecular flexibility index (Phi) is 35.3. The fourth-order valence-electron chi connectivity index (χ4n) is 6.33. The van der Waals surface area contributed by atoms with Gasteiger partial charge in [0.2, 0.25) is 0 Å². The molecule has 0 saturated carbocycles. The third-order valence-electron chi connectivity index (χ3n) is 9.51. The van der Waals surface area contributed by atoms with Crippen molar-refractivity contribution in [2.75, 3.05) is 54.0 Å². The van der Waals surface area contributed by atoms with Gasteiger partial charge in [0.1, 0.15) is 0 Å². The minimum Gasteiger partial charge on any atom is -0.466 e. The van der Waals surface area contributed by atoms with E-state index >= 15 is 0 Å². The largest absolute Gasteiger partial charge is 0.466 e. The van der Waals surface area contributed by atoms with E-state index in [9.17, 15) is 9.59 Å². The summed E-state index contributed by atoms with van der Waals surface area (Å²) < 4.78 is 10.9. The van der Waals surface area contributed by atoms with E-state index in [1.54, 1.807) is 0 Å². The first-order chi connectivity index (χ1) is 22.9. The molecular formula is C41H82N2O4. The molecule has 0 amide bonds. The standard InChI is InChI=1S/C41H82N2O4/c1-6-8-10-12-14-22-28-36-46-40(44)32-26-20-16-18-24-30-39(38-43(5)35-34-42(3)4)31-25-19-17-21-27-33-41(45)47-37-29-23-15-13-11-9-7-2/h39H,6-38H2,1-5H3. The molecular weight excluding hydrogens is 584 g/mol. The number of likely N-dealkylation sites (N-methyl/N-ethyl adjacent to an activating group) is 2. The molecule has 0 bridgehead atoms. The predicted molar refractivity (Wildman–Crippen MR) is 202 cm³/mol. The van der Waals surface area contributed by atoms with Gasteiger partial charge in [0.15, 0.2) is 0 Å². The summed E-state index contributed by atoms with van der Waals surface area (Å²) in [6.45, 7) is 9.10. The maximum atomic E-state index is 12.0. The molecule has 280 valence electrons. The number of hydrogen-bond donors (Lipinski definition) is 0. The predicted octanol–water partition coefficient (Wildman–Crippen LogP) is 11.1. The van der Waals surface area contributed by atoms with Gasteiger partial charge in [0.25, 0.3) is 0 Å². The van der Waals surface area contributed by atoms with Crippen molar-refractivity contribution in [3.63, 3.8) is 0 Å². The lowest BCUT2D eigenvalue weighted by molar-refractivity contribution is -0.144. The van der Waals surface area contributed by atoms with Gasteiger partial charge in [0, 0.05) is 32.5 Å². The summed E-state index contributed by atoms with van der Waals surface area (Å²) >= 11 is 0. The van der Waals surface area contributed by atoms with E-state index in [2.05, 4.69) is 44.8 Å². The number of carbonyl (C=O) groups is 2. The molecule has 6 nitrogen and oxygen atoms in total. The Morgan fingerprint density at radius 1 is 0.468 bits per heavy atom. The third-order valence-corrected chi connectivity index (χ3v) is 9.51. The quantitative estimate of drug-likeness (QED) is 0.0486. The summed E-state index contributed by atoms with van der Waals surface area (Å²) in [4.78, 5) is 28.9. The molecule has 47 heavy (non-hydrogen) atoms. The van der Waals surface area contributed by atoms with Crippen LogP contribution in [0.5, 0.6) is 0 Å². The fourth-order valence-corrected chi connectivity index (χ4v) is 6.33. The van der Waals surface area contributed by atoms with E-state index in [4.69, 9.17) is 9.47 Å². The van der Waals surface area contributed by atoms with Crippen LogP contribution in [0.2, 0.25) is 0 Å². The van der Waals surface area contributed by atoms with Crippen LogP contribution in [0.25, 0.3) is 0 Å². The molecule has 0 N–H and O–H groups in total. The van der Waals surface area contributed by atoms with Crippen molar-refractivity contribution in [3.8, 4) is 0 Å². The number of ether oxygens (including phenoxy) is 2. The Morgan fingerprint density at radius 3 is 1.23 bits per heavy atom. The van der Waals surface area contributed by atoms with Gasteiger partial charge in [-0.05, 0) is 65.6 Å². The number of carbonyl (C=O) groups excluding carboxylic acids is 2. The monoisotopic (exact) mass is 667 g/mol. The van der Waals surface area contributed by atoms with Gasteiger partial charge in [-0.3, -0.25) is 9.59 Å². The van der Waals surface area contributed by atoms with Crippen LogP contribution in [0.1, 0.15) is 194 Å². The minimum atomic E-state index is -0.00413. The van der Waals surface area contributed by atoms with Crippen LogP contribution in [0.3, 0.4) is 0 Å². The van der Waals surface area contributed by atoms with Gasteiger partial charge in [0.05, 0.1) is 13.2 Å². The van der Waals surface area contributed by atoms with Gasteiger partial charge < -0.3 is 19.3 Å². The summed E-state index contributed by atoms with van der Waals surface area (Å²) in [5, 5.41) is 0. The van der Waals surface area contributed by atoms with Gasteiger partial charge in [-0.2, -0.15) is 0 Å². The van der Waals surface area contributed by atoms with Crippen LogP contribution in [0.15, 0.2) is 0 Å². The van der Waals surface area contributed by atoms with Crippen molar-refractivity contribution in [1.82, 2.24) is 9.80 Å². The zero-order chi connectivity index (χ0) is 34.6. The van der Waals surface area contributed by atoms with Crippen molar-refractivity contribution in [1.29, 1.82) is 0 Å². The molecule has 0 spiro atoms. The summed E-state index contributed by atoms with van der Waals surface area (Å²) in [6, 6.07) is 0. The molecule has 0 aromatic rings. The lowest BCUT2D eigenvalue weighted by Gasteiger charge is -2.25. The lowest BCUT2D eigenvalue weighted by Crippen LogP contribution is -2.32. The van der Waals surface area contributed by atoms with Gasteiger partial charge in [-0.25, -0.2) is 0 Å². The molecule has 0 aromatic heterocycles. The Labute approximate surface area is 293 Å².